The SMILES string of the molecule is CC(C1CC1)N(C)CCC(=O)N1CCOCC1. The van der Waals surface area contributed by atoms with E-state index in [1.165, 1.54) is 12.8 Å². The van der Waals surface area contributed by atoms with Crippen LogP contribution < -0.4 is 0 Å². The molecule has 0 radical (unpaired) electrons. The first-order valence-corrected chi connectivity index (χ1v) is 6.74. The molecule has 0 aromatic carbocycles. The summed E-state index contributed by atoms with van der Waals surface area (Å²) in [5, 5.41) is 0. The molecule has 1 saturated carbocycles. The van der Waals surface area contributed by atoms with E-state index in [4.69, 9.17) is 4.74 Å². The summed E-state index contributed by atoms with van der Waals surface area (Å²) in [5.74, 6) is 1.15. The van der Waals surface area contributed by atoms with Crippen molar-refractivity contribution < 1.29 is 9.53 Å². The van der Waals surface area contributed by atoms with Gasteiger partial charge in [0.05, 0.1) is 13.2 Å². The van der Waals surface area contributed by atoms with Gasteiger partial charge in [0.2, 0.25) is 5.91 Å². The first kappa shape index (κ1) is 12.8. The number of carbonyl (C=O) groups excluding carboxylic acids is 1. The summed E-state index contributed by atoms with van der Waals surface area (Å²) in [4.78, 5) is 16.2. The molecule has 1 amide bonds. The van der Waals surface area contributed by atoms with E-state index in [0.29, 0.717) is 25.7 Å². The Hall–Kier alpha value is -0.610. The fourth-order valence-corrected chi connectivity index (χ4v) is 2.39. The van der Waals surface area contributed by atoms with Gasteiger partial charge in [-0.05, 0) is 32.7 Å². The molecule has 2 fully saturated rings. The summed E-state index contributed by atoms with van der Waals surface area (Å²) in [6.07, 6.45) is 3.37. The monoisotopic (exact) mass is 240 g/mol. The van der Waals surface area contributed by atoms with E-state index in [1.54, 1.807) is 0 Å². The molecule has 0 spiro atoms. The number of carbonyl (C=O) groups is 1. The van der Waals surface area contributed by atoms with Crippen LogP contribution in [0.3, 0.4) is 0 Å². The number of hydrogen-bond donors (Lipinski definition) is 0. The maximum absolute atomic E-state index is 12.0. The highest BCUT2D eigenvalue weighted by Crippen LogP contribution is 2.34. The summed E-state index contributed by atoms with van der Waals surface area (Å²) in [6, 6.07) is 0.632. The number of rotatable bonds is 5. The van der Waals surface area contributed by atoms with Gasteiger partial charge in [0, 0.05) is 32.1 Å². The van der Waals surface area contributed by atoms with E-state index in [9.17, 15) is 4.79 Å². The molecule has 1 aliphatic heterocycles. The van der Waals surface area contributed by atoms with Crippen molar-refractivity contribution in [3.05, 3.63) is 0 Å². The fraction of sp³-hybridized carbons (Fsp3) is 0.923. The van der Waals surface area contributed by atoms with Gasteiger partial charge in [-0.15, -0.1) is 0 Å². The Bertz CT molecular complexity index is 260. The smallest absolute Gasteiger partial charge is 0.224 e. The molecule has 0 aromatic heterocycles. The molecule has 1 saturated heterocycles. The standard InChI is InChI=1S/C13H24N2O2/c1-11(12-3-4-12)14(2)6-5-13(16)15-7-9-17-10-8-15/h11-12H,3-10H2,1-2H3. The molecule has 4 nitrogen and oxygen atoms in total. The van der Waals surface area contributed by atoms with Crippen molar-refractivity contribution in [3.8, 4) is 0 Å². The van der Waals surface area contributed by atoms with Crippen LogP contribution in [0.1, 0.15) is 26.2 Å². The molecule has 0 bridgehead atoms. The molecule has 4 heteroatoms. The lowest BCUT2D eigenvalue weighted by Crippen LogP contribution is -2.42. The number of morpholine rings is 1. The minimum Gasteiger partial charge on any atom is -0.378 e. The lowest BCUT2D eigenvalue weighted by Gasteiger charge is -2.29. The third-order valence-electron chi connectivity index (χ3n) is 4.04. The molecule has 17 heavy (non-hydrogen) atoms. The minimum absolute atomic E-state index is 0.281. The largest absolute Gasteiger partial charge is 0.378 e. The Labute approximate surface area is 104 Å². The first-order chi connectivity index (χ1) is 8.18. The normalized spacial score (nSPS) is 22.9. The number of hydrogen-bond acceptors (Lipinski definition) is 3. The first-order valence-electron chi connectivity index (χ1n) is 6.74. The van der Waals surface area contributed by atoms with Gasteiger partial charge in [-0.1, -0.05) is 0 Å². The summed E-state index contributed by atoms with van der Waals surface area (Å²) in [7, 11) is 2.13. The number of ether oxygens (including phenoxy) is 1. The maximum Gasteiger partial charge on any atom is 0.224 e. The van der Waals surface area contributed by atoms with Gasteiger partial charge >= 0.3 is 0 Å². The van der Waals surface area contributed by atoms with E-state index >= 15 is 0 Å². The predicted octanol–water partition coefficient (Wildman–Crippen LogP) is 0.966. The van der Waals surface area contributed by atoms with Crippen molar-refractivity contribution in [2.75, 3.05) is 39.9 Å². The van der Waals surface area contributed by atoms with E-state index < -0.39 is 0 Å². The fourth-order valence-electron chi connectivity index (χ4n) is 2.39. The van der Waals surface area contributed by atoms with E-state index in [-0.39, 0.29) is 5.91 Å². The van der Waals surface area contributed by atoms with Crippen LogP contribution in [0.25, 0.3) is 0 Å². The van der Waals surface area contributed by atoms with Crippen molar-refractivity contribution in [3.63, 3.8) is 0 Å². The Morgan fingerprint density at radius 1 is 1.41 bits per heavy atom. The summed E-state index contributed by atoms with van der Waals surface area (Å²) in [5.41, 5.74) is 0. The summed E-state index contributed by atoms with van der Waals surface area (Å²) in [6.45, 7) is 6.08. The van der Waals surface area contributed by atoms with Gasteiger partial charge in [-0.25, -0.2) is 0 Å². The zero-order valence-corrected chi connectivity index (χ0v) is 11.0. The highest BCUT2D eigenvalue weighted by atomic mass is 16.5. The van der Waals surface area contributed by atoms with Crippen LogP contribution in [0, 0.1) is 5.92 Å². The second-order valence-electron chi connectivity index (χ2n) is 5.30. The molecular formula is C13H24N2O2. The Morgan fingerprint density at radius 2 is 2.06 bits per heavy atom. The molecule has 1 heterocycles. The van der Waals surface area contributed by atoms with Gasteiger partial charge in [-0.3, -0.25) is 4.79 Å². The third kappa shape index (κ3) is 3.68. The molecule has 1 unspecified atom stereocenters. The second kappa shape index (κ2) is 5.83. The van der Waals surface area contributed by atoms with E-state index in [1.807, 2.05) is 4.90 Å². The van der Waals surface area contributed by atoms with Crippen molar-refractivity contribution in [2.45, 2.75) is 32.2 Å². The second-order valence-corrected chi connectivity index (χ2v) is 5.30. The third-order valence-corrected chi connectivity index (χ3v) is 4.04. The molecule has 1 atom stereocenters. The summed E-state index contributed by atoms with van der Waals surface area (Å²) >= 11 is 0. The van der Waals surface area contributed by atoms with Crippen molar-refractivity contribution in [2.24, 2.45) is 5.92 Å². The zero-order valence-electron chi connectivity index (χ0n) is 11.0. The topological polar surface area (TPSA) is 32.8 Å². The number of nitrogens with zero attached hydrogens (tertiary/aromatic N) is 2. The highest BCUT2D eigenvalue weighted by molar-refractivity contribution is 5.76. The average molecular weight is 240 g/mol. The lowest BCUT2D eigenvalue weighted by molar-refractivity contribution is -0.135. The molecular weight excluding hydrogens is 216 g/mol. The van der Waals surface area contributed by atoms with Crippen LogP contribution in [0.4, 0.5) is 0 Å². The van der Waals surface area contributed by atoms with Crippen LogP contribution in [0.5, 0.6) is 0 Å². The van der Waals surface area contributed by atoms with Crippen LogP contribution in [0.15, 0.2) is 0 Å². The quantitative estimate of drug-likeness (QED) is 0.718. The summed E-state index contributed by atoms with van der Waals surface area (Å²) < 4.78 is 5.25. The average Bonchev–Trinajstić information content (AvgIpc) is 3.20. The zero-order chi connectivity index (χ0) is 12.3. The molecule has 0 aromatic rings. The van der Waals surface area contributed by atoms with Gasteiger partial charge in [0.1, 0.15) is 0 Å². The van der Waals surface area contributed by atoms with Crippen molar-refractivity contribution in [1.82, 2.24) is 9.80 Å². The minimum atomic E-state index is 0.281. The van der Waals surface area contributed by atoms with Crippen LogP contribution in [-0.2, 0) is 9.53 Å². The highest BCUT2D eigenvalue weighted by Gasteiger charge is 2.30. The van der Waals surface area contributed by atoms with E-state index in [2.05, 4.69) is 18.9 Å². The van der Waals surface area contributed by atoms with Crippen LogP contribution in [-0.4, -0.2) is 61.6 Å². The van der Waals surface area contributed by atoms with Gasteiger partial charge in [-0.2, -0.15) is 0 Å². The molecule has 1 aliphatic carbocycles. The van der Waals surface area contributed by atoms with Crippen molar-refractivity contribution in [1.29, 1.82) is 0 Å². The molecule has 0 N–H and O–H groups in total. The lowest BCUT2D eigenvalue weighted by atomic mass is 10.2. The molecule has 98 valence electrons. The van der Waals surface area contributed by atoms with E-state index in [0.717, 1.165) is 25.6 Å². The van der Waals surface area contributed by atoms with Crippen LogP contribution in [0.2, 0.25) is 0 Å². The van der Waals surface area contributed by atoms with Gasteiger partial charge in [0.15, 0.2) is 0 Å². The van der Waals surface area contributed by atoms with Crippen molar-refractivity contribution >= 4 is 5.91 Å². The predicted molar refractivity (Wildman–Crippen MR) is 66.8 cm³/mol. The molecule has 2 aliphatic rings. The van der Waals surface area contributed by atoms with Crippen LogP contribution >= 0.6 is 0 Å². The maximum atomic E-state index is 12.0. The number of amides is 1. The Balaban J connectivity index is 1.67. The van der Waals surface area contributed by atoms with Gasteiger partial charge < -0.3 is 14.5 Å². The van der Waals surface area contributed by atoms with Gasteiger partial charge in [0.25, 0.3) is 0 Å². The molecule has 2 rings (SSSR count). The Morgan fingerprint density at radius 3 is 2.65 bits per heavy atom. The Kier molecular flexibility index (Phi) is 4.40.